The minimum atomic E-state index is -3.81. The number of nitrogens with zero attached hydrogens (tertiary/aromatic N) is 1. The van der Waals surface area contributed by atoms with E-state index < -0.39 is 21.7 Å². The summed E-state index contributed by atoms with van der Waals surface area (Å²) in [6.45, 7) is 4.61. The summed E-state index contributed by atoms with van der Waals surface area (Å²) in [6, 6.07) is 8.20. The van der Waals surface area contributed by atoms with Crippen molar-refractivity contribution in [2.45, 2.75) is 31.6 Å². The molecule has 28 heavy (non-hydrogen) atoms. The van der Waals surface area contributed by atoms with E-state index in [0.29, 0.717) is 24.3 Å². The lowest BCUT2D eigenvalue weighted by atomic mass is 10.0. The standard InChI is InChI=1S/C20H22ClFN2O3S/c1-13-4-3-9-24(12-13)28(26,27)19-10-15(6-8-17(19)21)20(25)23-18-11-16(22)7-5-14(18)2/h5-8,10-11,13H,3-4,9,12H2,1-2H3,(H,23,25)/t13-/m1/s1. The lowest BCUT2D eigenvalue weighted by Crippen LogP contribution is -2.39. The lowest BCUT2D eigenvalue weighted by Gasteiger charge is -2.30. The van der Waals surface area contributed by atoms with E-state index in [4.69, 9.17) is 11.6 Å². The van der Waals surface area contributed by atoms with Crippen molar-refractivity contribution in [1.82, 2.24) is 4.31 Å². The summed E-state index contributed by atoms with van der Waals surface area (Å²) in [7, 11) is -3.81. The molecule has 150 valence electrons. The summed E-state index contributed by atoms with van der Waals surface area (Å²) >= 11 is 6.16. The number of aryl methyl sites for hydroxylation is 1. The van der Waals surface area contributed by atoms with Crippen LogP contribution >= 0.6 is 11.6 Å². The fourth-order valence-electron chi connectivity index (χ4n) is 3.27. The van der Waals surface area contributed by atoms with E-state index in [9.17, 15) is 17.6 Å². The van der Waals surface area contributed by atoms with E-state index in [1.54, 1.807) is 13.0 Å². The van der Waals surface area contributed by atoms with Gasteiger partial charge in [0, 0.05) is 24.3 Å². The van der Waals surface area contributed by atoms with Gasteiger partial charge in [-0.2, -0.15) is 4.31 Å². The van der Waals surface area contributed by atoms with Gasteiger partial charge >= 0.3 is 0 Å². The summed E-state index contributed by atoms with van der Waals surface area (Å²) in [6.07, 6.45) is 1.77. The van der Waals surface area contributed by atoms with E-state index in [1.807, 2.05) is 6.92 Å². The Kier molecular flexibility index (Phi) is 6.07. The largest absolute Gasteiger partial charge is 0.322 e. The van der Waals surface area contributed by atoms with Crippen LogP contribution in [-0.2, 0) is 10.0 Å². The molecule has 0 unspecified atom stereocenters. The van der Waals surface area contributed by atoms with Crippen molar-refractivity contribution in [2.24, 2.45) is 5.92 Å². The molecule has 8 heteroatoms. The number of hydrogen-bond donors (Lipinski definition) is 1. The molecule has 2 aromatic carbocycles. The number of nitrogens with one attached hydrogen (secondary N) is 1. The number of sulfonamides is 1. The van der Waals surface area contributed by atoms with E-state index in [2.05, 4.69) is 5.32 Å². The Morgan fingerprint density at radius 2 is 2.00 bits per heavy atom. The molecule has 1 aliphatic rings. The number of carbonyl (C=O) groups is 1. The Morgan fingerprint density at radius 1 is 1.25 bits per heavy atom. The summed E-state index contributed by atoms with van der Waals surface area (Å²) in [5, 5.41) is 2.69. The van der Waals surface area contributed by atoms with Crippen LogP contribution in [0.5, 0.6) is 0 Å². The van der Waals surface area contributed by atoms with Crippen molar-refractivity contribution >= 4 is 33.2 Å². The highest BCUT2D eigenvalue weighted by Crippen LogP contribution is 2.29. The van der Waals surface area contributed by atoms with Crippen LogP contribution in [0.1, 0.15) is 35.7 Å². The van der Waals surface area contributed by atoms with Gasteiger partial charge in [0.25, 0.3) is 5.91 Å². The molecule has 0 spiro atoms. The Bertz CT molecular complexity index is 1010. The fourth-order valence-corrected chi connectivity index (χ4v) is 5.37. The number of piperidine rings is 1. The zero-order chi connectivity index (χ0) is 20.5. The van der Waals surface area contributed by atoms with Gasteiger partial charge < -0.3 is 5.32 Å². The van der Waals surface area contributed by atoms with Crippen LogP contribution in [0.2, 0.25) is 5.02 Å². The Morgan fingerprint density at radius 3 is 2.71 bits per heavy atom. The van der Waals surface area contributed by atoms with E-state index in [0.717, 1.165) is 12.8 Å². The third kappa shape index (κ3) is 4.37. The maximum atomic E-state index is 13.5. The van der Waals surface area contributed by atoms with Gasteiger partial charge in [-0.1, -0.05) is 24.6 Å². The number of amides is 1. The van der Waals surface area contributed by atoms with Crippen LogP contribution in [0.15, 0.2) is 41.3 Å². The molecule has 1 aliphatic heterocycles. The van der Waals surface area contributed by atoms with Gasteiger partial charge in [0.1, 0.15) is 10.7 Å². The quantitative estimate of drug-likeness (QED) is 0.787. The highest BCUT2D eigenvalue weighted by Gasteiger charge is 2.31. The molecule has 5 nitrogen and oxygen atoms in total. The first-order valence-corrected chi connectivity index (χ1v) is 10.9. The smallest absolute Gasteiger partial charge is 0.255 e. The molecule has 0 radical (unpaired) electrons. The zero-order valence-corrected chi connectivity index (χ0v) is 17.3. The third-order valence-corrected chi connectivity index (χ3v) is 7.23. The Hall–Kier alpha value is -1.96. The van der Waals surface area contributed by atoms with Gasteiger partial charge in [-0.3, -0.25) is 4.79 Å². The van der Waals surface area contributed by atoms with Crippen LogP contribution in [0.25, 0.3) is 0 Å². The molecule has 1 amide bonds. The van der Waals surface area contributed by atoms with Gasteiger partial charge in [-0.15, -0.1) is 0 Å². The van der Waals surface area contributed by atoms with Crippen LogP contribution in [0.3, 0.4) is 0 Å². The van der Waals surface area contributed by atoms with Crippen LogP contribution < -0.4 is 5.32 Å². The molecule has 0 aromatic heterocycles. The Labute approximate surface area is 169 Å². The van der Waals surface area contributed by atoms with Crippen molar-refractivity contribution < 1.29 is 17.6 Å². The van der Waals surface area contributed by atoms with E-state index in [1.165, 1.54) is 34.6 Å². The number of carbonyl (C=O) groups excluding carboxylic acids is 1. The van der Waals surface area contributed by atoms with Gasteiger partial charge in [-0.25, -0.2) is 12.8 Å². The second-order valence-electron chi connectivity index (χ2n) is 7.17. The molecule has 3 rings (SSSR count). The molecule has 0 bridgehead atoms. The predicted octanol–water partition coefficient (Wildman–Crippen LogP) is 4.46. The minimum absolute atomic E-state index is 0.0664. The maximum absolute atomic E-state index is 13.5. The summed E-state index contributed by atoms with van der Waals surface area (Å²) in [5.74, 6) is -0.738. The fraction of sp³-hybridized carbons (Fsp3) is 0.350. The predicted molar refractivity (Wildman–Crippen MR) is 108 cm³/mol. The molecular weight excluding hydrogens is 403 g/mol. The topological polar surface area (TPSA) is 66.5 Å². The second kappa shape index (κ2) is 8.19. The third-order valence-electron chi connectivity index (χ3n) is 4.88. The molecule has 1 atom stereocenters. The van der Waals surface area contributed by atoms with E-state index >= 15 is 0 Å². The molecule has 2 aromatic rings. The first-order valence-electron chi connectivity index (χ1n) is 9.05. The molecule has 1 heterocycles. The van der Waals surface area contributed by atoms with Crippen molar-refractivity contribution in [3.05, 3.63) is 58.4 Å². The Balaban J connectivity index is 1.90. The molecule has 1 N–H and O–H groups in total. The van der Waals surface area contributed by atoms with Gasteiger partial charge in [0.2, 0.25) is 10.0 Å². The van der Waals surface area contributed by atoms with Gasteiger partial charge in [-0.05, 0) is 61.6 Å². The number of rotatable bonds is 4. The van der Waals surface area contributed by atoms with Crippen molar-refractivity contribution in [3.63, 3.8) is 0 Å². The number of benzene rings is 2. The van der Waals surface area contributed by atoms with E-state index in [-0.39, 0.29) is 21.4 Å². The minimum Gasteiger partial charge on any atom is -0.322 e. The van der Waals surface area contributed by atoms with Crippen LogP contribution in [-0.4, -0.2) is 31.7 Å². The summed E-state index contributed by atoms with van der Waals surface area (Å²) in [4.78, 5) is 12.5. The zero-order valence-electron chi connectivity index (χ0n) is 15.7. The monoisotopic (exact) mass is 424 g/mol. The van der Waals surface area contributed by atoms with Gasteiger partial charge in [0.05, 0.1) is 5.02 Å². The number of hydrogen-bond acceptors (Lipinski definition) is 3. The number of anilines is 1. The van der Waals surface area contributed by atoms with Crippen molar-refractivity contribution in [3.8, 4) is 0 Å². The normalized spacial score (nSPS) is 18.1. The molecule has 0 saturated carbocycles. The summed E-state index contributed by atoms with van der Waals surface area (Å²) < 4.78 is 41.0. The average molecular weight is 425 g/mol. The van der Waals surface area contributed by atoms with Crippen LogP contribution in [0.4, 0.5) is 10.1 Å². The first-order chi connectivity index (χ1) is 13.2. The van der Waals surface area contributed by atoms with Crippen LogP contribution in [0, 0.1) is 18.7 Å². The maximum Gasteiger partial charge on any atom is 0.255 e. The molecule has 0 aliphatic carbocycles. The first kappa shape index (κ1) is 20.8. The lowest BCUT2D eigenvalue weighted by molar-refractivity contribution is 0.102. The molecule has 1 fully saturated rings. The number of halogens is 2. The SMILES string of the molecule is Cc1ccc(F)cc1NC(=O)c1ccc(Cl)c(S(=O)(=O)N2CCC[C@@H](C)C2)c1. The summed E-state index contributed by atoms with van der Waals surface area (Å²) in [5.41, 5.74) is 1.16. The average Bonchev–Trinajstić information content (AvgIpc) is 2.65. The van der Waals surface area contributed by atoms with Crippen molar-refractivity contribution in [1.29, 1.82) is 0 Å². The highest BCUT2D eigenvalue weighted by molar-refractivity contribution is 7.89. The second-order valence-corrected chi connectivity index (χ2v) is 9.48. The van der Waals surface area contributed by atoms with Gasteiger partial charge in [0.15, 0.2) is 0 Å². The van der Waals surface area contributed by atoms with Crippen molar-refractivity contribution in [2.75, 3.05) is 18.4 Å². The molecule has 1 saturated heterocycles. The molecular formula is C20H22ClFN2O3S. The highest BCUT2D eigenvalue weighted by atomic mass is 35.5.